The molecule has 2 rings (SSSR count). The van der Waals surface area contributed by atoms with Crippen LogP contribution in [0.4, 0.5) is 0 Å². The molecule has 0 radical (unpaired) electrons. The quantitative estimate of drug-likeness (QED) is 0.630. The van der Waals surface area contributed by atoms with Gasteiger partial charge in [0, 0.05) is 6.20 Å². The van der Waals surface area contributed by atoms with Crippen LogP contribution in [0.1, 0.15) is 31.1 Å². The highest BCUT2D eigenvalue weighted by Gasteiger charge is 2.37. The van der Waals surface area contributed by atoms with Crippen LogP contribution in [-0.2, 0) is 6.42 Å². The van der Waals surface area contributed by atoms with Gasteiger partial charge in [-0.2, -0.15) is 0 Å². The third-order valence-corrected chi connectivity index (χ3v) is 2.71. The Morgan fingerprint density at radius 2 is 2.33 bits per heavy atom. The van der Waals surface area contributed by atoms with Crippen LogP contribution in [0.2, 0.25) is 0 Å². The Hall–Kier alpha value is -0.890. The number of pyridine rings is 1. The number of nitrogens with zero attached hydrogens (tertiary/aromatic N) is 1. The number of rotatable bonds is 0. The summed E-state index contributed by atoms with van der Waals surface area (Å²) in [5.74, 6) is 0. The van der Waals surface area contributed by atoms with Crippen LogP contribution in [0.5, 0.6) is 0 Å². The predicted molar refractivity (Wildman–Crippen MR) is 48.7 cm³/mol. The number of aromatic nitrogens is 1. The first-order valence-corrected chi connectivity index (χ1v) is 4.30. The minimum Gasteiger partial charge on any atom is -0.322 e. The lowest BCUT2D eigenvalue weighted by Crippen LogP contribution is -2.25. The van der Waals surface area contributed by atoms with Gasteiger partial charge in [0.05, 0.1) is 11.7 Å². The third kappa shape index (κ3) is 0.950. The van der Waals surface area contributed by atoms with Crippen LogP contribution in [0.25, 0.3) is 0 Å². The van der Waals surface area contributed by atoms with E-state index in [0.717, 1.165) is 12.1 Å². The van der Waals surface area contributed by atoms with E-state index in [-0.39, 0.29) is 11.5 Å². The van der Waals surface area contributed by atoms with E-state index in [9.17, 15) is 0 Å². The monoisotopic (exact) mass is 162 g/mol. The van der Waals surface area contributed by atoms with Crippen molar-refractivity contribution in [3.05, 3.63) is 29.6 Å². The van der Waals surface area contributed by atoms with Crippen LogP contribution < -0.4 is 5.73 Å². The van der Waals surface area contributed by atoms with Crippen molar-refractivity contribution in [2.75, 3.05) is 0 Å². The van der Waals surface area contributed by atoms with Gasteiger partial charge in [0.2, 0.25) is 0 Å². The average molecular weight is 162 g/mol. The van der Waals surface area contributed by atoms with E-state index < -0.39 is 0 Å². The van der Waals surface area contributed by atoms with E-state index in [4.69, 9.17) is 5.73 Å². The number of hydrogen-bond acceptors (Lipinski definition) is 2. The lowest BCUT2D eigenvalue weighted by Gasteiger charge is -2.22. The van der Waals surface area contributed by atoms with E-state index in [0.29, 0.717) is 0 Å². The van der Waals surface area contributed by atoms with Crippen molar-refractivity contribution in [1.29, 1.82) is 0 Å². The minimum atomic E-state index is 0.105. The molecule has 0 fully saturated rings. The van der Waals surface area contributed by atoms with Crippen LogP contribution in [0.3, 0.4) is 0 Å². The molecule has 0 spiro atoms. The van der Waals surface area contributed by atoms with Gasteiger partial charge in [0.15, 0.2) is 0 Å². The van der Waals surface area contributed by atoms with Crippen molar-refractivity contribution in [2.24, 2.45) is 11.1 Å². The molecule has 1 atom stereocenters. The Morgan fingerprint density at radius 1 is 1.58 bits per heavy atom. The number of nitrogens with two attached hydrogens (primary N) is 1. The lowest BCUT2D eigenvalue weighted by molar-refractivity contribution is 0.316. The zero-order valence-corrected chi connectivity index (χ0v) is 7.54. The average Bonchev–Trinajstić information content (AvgIpc) is 2.24. The summed E-state index contributed by atoms with van der Waals surface area (Å²) in [5, 5.41) is 0. The summed E-state index contributed by atoms with van der Waals surface area (Å²) in [5.41, 5.74) is 8.64. The van der Waals surface area contributed by atoms with Gasteiger partial charge in [-0.25, -0.2) is 0 Å². The molecular formula is C10H14N2. The molecule has 0 saturated heterocycles. The molecule has 1 aliphatic carbocycles. The van der Waals surface area contributed by atoms with Gasteiger partial charge in [-0.15, -0.1) is 0 Å². The Bertz CT molecular complexity index is 304. The van der Waals surface area contributed by atoms with E-state index in [1.165, 1.54) is 5.56 Å². The Kier molecular flexibility index (Phi) is 1.48. The highest BCUT2D eigenvalue weighted by Crippen LogP contribution is 2.41. The second-order valence-corrected chi connectivity index (χ2v) is 4.19. The Morgan fingerprint density at radius 3 is 3.00 bits per heavy atom. The fourth-order valence-corrected chi connectivity index (χ4v) is 1.85. The first-order valence-electron chi connectivity index (χ1n) is 4.30. The van der Waals surface area contributed by atoms with E-state index in [2.05, 4.69) is 24.9 Å². The summed E-state index contributed by atoms with van der Waals surface area (Å²) in [6.07, 6.45) is 2.87. The van der Waals surface area contributed by atoms with E-state index >= 15 is 0 Å². The zero-order valence-electron chi connectivity index (χ0n) is 7.54. The Balaban J connectivity index is 2.49. The van der Waals surface area contributed by atoms with E-state index in [1.807, 2.05) is 12.3 Å². The van der Waals surface area contributed by atoms with Crippen molar-refractivity contribution >= 4 is 0 Å². The van der Waals surface area contributed by atoms with Crippen molar-refractivity contribution in [2.45, 2.75) is 26.3 Å². The minimum absolute atomic E-state index is 0.105. The van der Waals surface area contributed by atoms with Gasteiger partial charge in [0.1, 0.15) is 0 Å². The summed E-state index contributed by atoms with van der Waals surface area (Å²) in [7, 11) is 0. The standard InChI is InChI=1S/C10H14N2/c1-10(2)6-7-4-3-5-12-8(7)9(10)11/h3-5,9H,6,11H2,1-2H3/t9-/m1/s1. The molecule has 0 amide bonds. The molecule has 0 aliphatic heterocycles. The van der Waals surface area contributed by atoms with Crippen molar-refractivity contribution in [3.8, 4) is 0 Å². The smallest absolute Gasteiger partial charge is 0.0608 e. The topological polar surface area (TPSA) is 38.9 Å². The lowest BCUT2D eigenvalue weighted by atomic mass is 9.87. The van der Waals surface area contributed by atoms with Gasteiger partial charge in [0.25, 0.3) is 0 Å². The SMILES string of the molecule is CC1(C)Cc2cccnc2[C@H]1N. The molecule has 2 nitrogen and oxygen atoms in total. The number of hydrogen-bond donors (Lipinski definition) is 1. The number of fused-ring (bicyclic) bond motifs is 1. The maximum absolute atomic E-state index is 6.06. The van der Waals surface area contributed by atoms with Crippen molar-refractivity contribution in [3.63, 3.8) is 0 Å². The summed E-state index contributed by atoms with van der Waals surface area (Å²) < 4.78 is 0. The van der Waals surface area contributed by atoms with Gasteiger partial charge in [-0.05, 0) is 23.5 Å². The maximum atomic E-state index is 6.06. The summed E-state index contributed by atoms with van der Waals surface area (Å²) in [4.78, 5) is 4.31. The fourth-order valence-electron chi connectivity index (χ4n) is 1.85. The molecule has 1 aliphatic rings. The fraction of sp³-hybridized carbons (Fsp3) is 0.500. The van der Waals surface area contributed by atoms with Crippen LogP contribution in [0, 0.1) is 5.41 Å². The highest BCUT2D eigenvalue weighted by molar-refractivity contribution is 5.31. The zero-order chi connectivity index (χ0) is 8.77. The van der Waals surface area contributed by atoms with Crippen LogP contribution in [0.15, 0.2) is 18.3 Å². The molecular weight excluding hydrogens is 148 g/mol. The summed E-state index contributed by atoms with van der Waals surface area (Å²) in [6, 6.07) is 4.21. The van der Waals surface area contributed by atoms with Gasteiger partial charge >= 0.3 is 0 Å². The molecule has 2 N–H and O–H groups in total. The predicted octanol–water partition coefficient (Wildman–Crippen LogP) is 1.66. The molecule has 1 heterocycles. The van der Waals surface area contributed by atoms with Crippen LogP contribution >= 0.6 is 0 Å². The summed E-state index contributed by atoms with van der Waals surface area (Å²) in [6.45, 7) is 4.39. The molecule has 12 heavy (non-hydrogen) atoms. The second kappa shape index (κ2) is 2.30. The largest absolute Gasteiger partial charge is 0.322 e. The third-order valence-electron chi connectivity index (χ3n) is 2.71. The first-order chi connectivity index (χ1) is 5.61. The molecule has 0 saturated carbocycles. The van der Waals surface area contributed by atoms with Gasteiger partial charge < -0.3 is 5.73 Å². The highest BCUT2D eigenvalue weighted by atomic mass is 14.8. The van der Waals surface area contributed by atoms with Gasteiger partial charge in [-0.1, -0.05) is 19.9 Å². The normalized spacial score (nSPS) is 25.4. The van der Waals surface area contributed by atoms with E-state index in [1.54, 1.807) is 0 Å². The molecule has 1 aromatic heterocycles. The molecule has 64 valence electrons. The summed E-state index contributed by atoms with van der Waals surface area (Å²) >= 11 is 0. The van der Waals surface area contributed by atoms with Crippen molar-refractivity contribution < 1.29 is 0 Å². The first kappa shape index (κ1) is 7.74. The second-order valence-electron chi connectivity index (χ2n) is 4.19. The van der Waals surface area contributed by atoms with Crippen LogP contribution in [-0.4, -0.2) is 4.98 Å². The molecule has 0 unspecified atom stereocenters. The van der Waals surface area contributed by atoms with Gasteiger partial charge in [-0.3, -0.25) is 4.98 Å². The maximum Gasteiger partial charge on any atom is 0.0608 e. The molecule has 0 bridgehead atoms. The Labute approximate surface area is 72.8 Å². The molecule has 0 aromatic carbocycles. The molecule has 1 aromatic rings. The molecule has 2 heteroatoms. The van der Waals surface area contributed by atoms with Crippen molar-refractivity contribution in [1.82, 2.24) is 4.98 Å².